The van der Waals surface area contributed by atoms with Gasteiger partial charge in [0.1, 0.15) is 5.75 Å². The Balaban J connectivity index is 1.40. The zero-order valence-corrected chi connectivity index (χ0v) is 22.5. The van der Waals surface area contributed by atoms with Crippen LogP contribution in [-0.2, 0) is 10.0 Å². The predicted octanol–water partition coefficient (Wildman–Crippen LogP) is 5.54. The second kappa shape index (κ2) is 11.8. The van der Waals surface area contributed by atoms with Crippen LogP contribution in [0.4, 0.5) is 5.69 Å². The highest BCUT2D eigenvalue weighted by atomic mass is 79.9. The summed E-state index contributed by atoms with van der Waals surface area (Å²) in [5.41, 5.74) is 4.89. The third-order valence-electron chi connectivity index (χ3n) is 5.28. The maximum absolute atomic E-state index is 12.5. The van der Waals surface area contributed by atoms with E-state index in [1.165, 1.54) is 42.6 Å². The lowest BCUT2D eigenvalue weighted by Crippen LogP contribution is -2.18. The monoisotopic (exact) mass is 591 g/mol. The third kappa shape index (κ3) is 6.93. The minimum atomic E-state index is -3.74. The van der Waals surface area contributed by atoms with Crippen molar-refractivity contribution >= 4 is 49.7 Å². The Labute approximate surface area is 228 Å². The van der Waals surface area contributed by atoms with Gasteiger partial charge in [-0.2, -0.15) is 5.10 Å². The summed E-state index contributed by atoms with van der Waals surface area (Å²) >= 11 is 3.38. The molecule has 0 bridgehead atoms. The van der Waals surface area contributed by atoms with Gasteiger partial charge in [0.05, 0.1) is 16.7 Å². The van der Waals surface area contributed by atoms with Gasteiger partial charge in [0.25, 0.3) is 15.9 Å². The molecule has 10 heteroatoms. The van der Waals surface area contributed by atoms with Gasteiger partial charge >= 0.3 is 5.97 Å². The fourth-order valence-corrected chi connectivity index (χ4v) is 4.75. The fraction of sp³-hybridized carbons (Fsp3) is 0.0357. The first-order valence-corrected chi connectivity index (χ1v) is 13.6. The maximum atomic E-state index is 12.5. The first-order chi connectivity index (χ1) is 18.2. The molecule has 0 spiro atoms. The number of halogens is 1. The number of nitrogens with one attached hydrogen (secondary N) is 2. The van der Waals surface area contributed by atoms with Crippen molar-refractivity contribution in [2.75, 3.05) is 4.72 Å². The number of aryl methyl sites for hydroxylation is 1. The molecule has 0 aliphatic rings. The molecule has 0 heterocycles. The summed E-state index contributed by atoms with van der Waals surface area (Å²) in [5, 5.41) is 3.98. The lowest BCUT2D eigenvalue weighted by molar-refractivity contribution is 0.0734. The van der Waals surface area contributed by atoms with E-state index in [0.717, 1.165) is 10.0 Å². The van der Waals surface area contributed by atoms with Gasteiger partial charge in [0.15, 0.2) is 0 Å². The van der Waals surface area contributed by atoms with Crippen molar-refractivity contribution in [3.63, 3.8) is 0 Å². The van der Waals surface area contributed by atoms with Crippen LogP contribution in [0.2, 0.25) is 0 Å². The molecule has 8 nitrogen and oxygen atoms in total. The molecule has 0 aliphatic carbocycles. The van der Waals surface area contributed by atoms with Gasteiger partial charge in [-0.1, -0.05) is 51.8 Å². The van der Waals surface area contributed by atoms with E-state index < -0.39 is 21.9 Å². The van der Waals surface area contributed by atoms with Crippen LogP contribution in [0.1, 0.15) is 31.8 Å². The zero-order chi connectivity index (χ0) is 27.1. The summed E-state index contributed by atoms with van der Waals surface area (Å²) in [6, 6.07) is 25.9. The van der Waals surface area contributed by atoms with Gasteiger partial charge in [-0.15, -0.1) is 0 Å². The quantitative estimate of drug-likeness (QED) is 0.121. The van der Waals surface area contributed by atoms with Gasteiger partial charge in [-0.05, 0) is 73.7 Å². The minimum Gasteiger partial charge on any atom is -0.422 e. The lowest BCUT2D eigenvalue weighted by Gasteiger charge is -2.09. The van der Waals surface area contributed by atoms with Crippen LogP contribution in [0.3, 0.4) is 0 Å². The second-order valence-electron chi connectivity index (χ2n) is 8.13. The average molecular weight is 592 g/mol. The number of hydrogen-bond donors (Lipinski definition) is 2. The van der Waals surface area contributed by atoms with Gasteiger partial charge in [0.2, 0.25) is 0 Å². The summed E-state index contributed by atoms with van der Waals surface area (Å²) < 4.78 is 33.7. The first-order valence-electron chi connectivity index (χ1n) is 11.3. The molecular formula is C28H22BrN3O5S. The molecule has 0 saturated heterocycles. The number of nitrogens with zero attached hydrogens (tertiary/aromatic N) is 1. The Kier molecular flexibility index (Phi) is 8.35. The Morgan fingerprint density at radius 3 is 2.21 bits per heavy atom. The van der Waals surface area contributed by atoms with Gasteiger partial charge in [-0.3, -0.25) is 9.52 Å². The molecule has 38 heavy (non-hydrogen) atoms. The summed E-state index contributed by atoms with van der Waals surface area (Å²) in [4.78, 5) is 25.2. The number of rotatable bonds is 8. The van der Waals surface area contributed by atoms with E-state index in [1.54, 1.807) is 48.5 Å². The molecule has 0 radical (unpaired) electrons. The van der Waals surface area contributed by atoms with Crippen molar-refractivity contribution < 1.29 is 22.7 Å². The number of benzene rings is 4. The number of hydrogen-bond acceptors (Lipinski definition) is 6. The number of ether oxygens (including phenoxy) is 1. The zero-order valence-electron chi connectivity index (χ0n) is 20.1. The molecular weight excluding hydrogens is 570 g/mol. The van der Waals surface area contributed by atoms with Crippen molar-refractivity contribution in [2.45, 2.75) is 11.8 Å². The molecule has 0 aliphatic heterocycles. The number of amides is 1. The Morgan fingerprint density at radius 1 is 0.868 bits per heavy atom. The molecule has 0 unspecified atom stereocenters. The van der Waals surface area contributed by atoms with E-state index in [2.05, 4.69) is 31.2 Å². The van der Waals surface area contributed by atoms with Crippen LogP contribution < -0.4 is 14.9 Å². The van der Waals surface area contributed by atoms with Gasteiger partial charge in [0, 0.05) is 21.3 Å². The van der Waals surface area contributed by atoms with Gasteiger partial charge < -0.3 is 4.74 Å². The minimum absolute atomic E-state index is 0.132. The van der Waals surface area contributed by atoms with Crippen molar-refractivity contribution in [1.29, 1.82) is 0 Å². The number of sulfonamides is 1. The van der Waals surface area contributed by atoms with E-state index in [4.69, 9.17) is 4.74 Å². The molecule has 4 rings (SSSR count). The van der Waals surface area contributed by atoms with E-state index in [0.29, 0.717) is 16.8 Å². The topological polar surface area (TPSA) is 114 Å². The smallest absolute Gasteiger partial charge is 0.343 e. The normalized spacial score (nSPS) is 11.2. The van der Waals surface area contributed by atoms with E-state index >= 15 is 0 Å². The molecule has 0 fully saturated rings. The second-order valence-corrected chi connectivity index (χ2v) is 10.7. The predicted molar refractivity (Wildman–Crippen MR) is 149 cm³/mol. The Hall–Kier alpha value is -4.28. The summed E-state index contributed by atoms with van der Waals surface area (Å²) in [6.07, 6.45) is 1.36. The Morgan fingerprint density at radius 2 is 1.53 bits per heavy atom. The summed E-state index contributed by atoms with van der Waals surface area (Å²) in [6.45, 7) is 1.93. The van der Waals surface area contributed by atoms with E-state index in [-0.39, 0.29) is 16.2 Å². The molecule has 0 atom stereocenters. The number of hydrazone groups is 1. The van der Waals surface area contributed by atoms with Crippen LogP contribution in [0, 0.1) is 6.92 Å². The number of carbonyl (C=O) groups excluding carboxylic acids is 2. The van der Waals surface area contributed by atoms with Crippen LogP contribution in [0.15, 0.2) is 112 Å². The molecule has 0 aromatic heterocycles. The molecule has 4 aromatic carbocycles. The summed E-state index contributed by atoms with van der Waals surface area (Å²) in [5.74, 6) is -0.757. The van der Waals surface area contributed by atoms with Crippen LogP contribution in [0.25, 0.3) is 0 Å². The van der Waals surface area contributed by atoms with E-state index in [1.807, 2.05) is 19.1 Å². The van der Waals surface area contributed by atoms with Crippen LogP contribution in [-0.4, -0.2) is 26.5 Å². The van der Waals surface area contributed by atoms with Crippen molar-refractivity contribution in [1.82, 2.24) is 5.43 Å². The molecule has 0 saturated carbocycles. The molecule has 192 valence electrons. The maximum Gasteiger partial charge on any atom is 0.343 e. The average Bonchev–Trinajstić information content (AvgIpc) is 2.91. The molecule has 4 aromatic rings. The molecule has 2 N–H and O–H groups in total. The Bertz CT molecular complexity index is 1590. The highest BCUT2D eigenvalue weighted by Crippen LogP contribution is 2.23. The van der Waals surface area contributed by atoms with Crippen molar-refractivity contribution in [3.05, 3.63) is 124 Å². The highest BCUT2D eigenvalue weighted by molar-refractivity contribution is 9.10. The highest BCUT2D eigenvalue weighted by Gasteiger charge is 2.14. The fourth-order valence-electron chi connectivity index (χ4n) is 3.29. The van der Waals surface area contributed by atoms with Crippen molar-refractivity contribution in [3.8, 4) is 5.75 Å². The molecule has 1 amide bonds. The lowest BCUT2D eigenvalue weighted by atomic mass is 10.1. The SMILES string of the molecule is Cc1ccc(C(=O)Oc2ccc(Br)cc2C=NNC(=O)c2ccc(NS(=O)(=O)c3ccccc3)cc2)cc1. The number of anilines is 1. The van der Waals surface area contributed by atoms with Crippen LogP contribution in [0.5, 0.6) is 5.75 Å². The summed E-state index contributed by atoms with van der Waals surface area (Å²) in [7, 11) is -3.74. The van der Waals surface area contributed by atoms with Gasteiger partial charge in [-0.25, -0.2) is 18.6 Å². The standard InChI is InChI=1S/C28H22BrN3O5S/c1-19-7-9-21(10-8-19)28(34)37-26-16-13-23(29)17-22(26)18-30-31-27(33)20-11-14-24(15-12-20)32-38(35,36)25-5-3-2-4-6-25/h2-18,32H,1H3,(H,31,33). The van der Waals surface area contributed by atoms with E-state index in [9.17, 15) is 18.0 Å². The number of esters is 1. The number of carbonyl (C=O) groups is 2. The first kappa shape index (κ1) is 26.8. The van der Waals surface area contributed by atoms with Crippen LogP contribution >= 0.6 is 15.9 Å². The van der Waals surface area contributed by atoms with Crippen molar-refractivity contribution in [2.24, 2.45) is 5.10 Å². The largest absolute Gasteiger partial charge is 0.422 e. The third-order valence-corrected chi connectivity index (χ3v) is 7.17.